The molecule has 0 aromatic carbocycles. The highest BCUT2D eigenvalue weighted by Crippen LogP contribution is 2.18. The minimum absolute atomic E-state index is 0.0693. The number of ether oxygens (including phenoxy) is 3. The number of hydrogen-bond donors (Lipinski definition) is 0. The molecule has 0 rings (SSSR count). The van der Waals surface area contributed by atoms with E-state index in [1.165, 1.54) is 238 Å². The summed E-state index contributed by atoms with van der Waals surface area (Å²) < 4.78 is 16.8. The molecule has 460 valence electrons. The average molecular weight is 1110 g/mol. The summed E-state index contributed by atoms with van der Waals surface area (Å²) in [5, 5.41) is 0. The Balaban J connectivity index is 3.92. The molecule has 6 nitrogen and oxygen atoms in total. The minimum Gasteiger partial charge on any atom is -0.462 e. The largest absolute Gasteiger partial charge is 0.462 e. The zero-order chi connectivity index (χ0) is 57.1. The van der Waals surface area contributed by atoms with Gasteiger partial charge in [-0.15, -0.1) is 0 Å². The summed E-state index contributed by atoms with van der Waals surface area (Å²) in [5.74, 6) is -0.863. The third-order valence-electron chi connectivity index (χ3n) is 15.5. The molecule has 0 heterocycles. The second-order valence-corrected chi connectivity index (χ2v) is 23.4. The first-order valence-corrected chi connectivity index (χ1v) is 34.8. The molecule has 0 radical (unpaired) electrons. The second kappa shape index (κ2) is 67.6. The summed E-state index contributed by atoms with van der Waals surface area (Å²) in [6, 6.07) is 0. The van der Waals surface area contributed by atoms with Crippen LogP contribution in [-0.4, -0.2) is 37.2 Å². The van der Waals surface area contributed by atoms with Crippen molar-refractivity contribution in [3.8, 4) is 0 Å². The van der Waals surface area contributed by atoms with Gasteiger partial charge in [0.1, 0.15) is 13.2 Å². The van der Waals surface area contributed by atoms with Gasteiger partial charge in [-0.3, -0.25) is 14.4 Å². The molecule has 0 aliphatic carbocycles. The smallest absolute Gasteiger partial charge is 0.306 e. The van der Waals surface area contributed by atoms with Gasteiger partial charge in [0.2, 0.25) is 0 Å². The Morgan fingerprint density at radius 1 is 0.266 bits per heavy atom. The van der Waals surface area contributed by atoms with E-state index < -0.39 is 6.10 Å². The average Bonchev–Trinajstić information content (AvgIpc) is 3.45. The predicted molar refractivity (Wildman–Crippen MR) is 344 cm³/mol. The SMILES string of the molecule is CC/C=C\C/C=C\C/C=C\C/C=C\CCCCCCCCCCCCCCCCCCCCCCC(=O)OCC(COC(=O)CCCCCCC)OC(=O)CCCCCCCCCCCCC/C=C\CCCCCCCCCC. The lowest BCUT2D eigenvalue weighted by Crippen LogP contribution is -2.30. The summed E-state index contributed by atoms with van der Waals surface area (Å²) >= 11 is 0. The molecular formula is C73H132O6. The number of carbonyl (C=O) groups excluding carboxylic acids is 3. The topological polar surface area (TPSA) is 78.9 Å². The van der Waals surface area contributed by atoms with Crippen molar-refractivity contribution in [2.75, 3.05) is 13.2 Å². The Kier molecular flexibility index (Phi) is 65.1. The van der Waals surface area contributed by atoms with E-state index in [9.17, 15) is 14.4 Å². The molecule has 0 N–H and O–H groups in total. The lowest BCUT2D eigenvalue weighted by atomic mass is 10.0. The lowest BCUT2D eigenvalue weighted by Gasteiger charge is -2.18. The molecule has 0 saturated heterocycles. The maximum atomic E-state index is 12.8. The van der Waals surface area contributed by atoms with Gasteiger partial charge in [0.05, 0.1) is 0 Å². The summed E-state index contributed by atoms with van der Waals surface area (Å²) in [6.45, 7) is 6.50. The Morgan fingerprint density at radius 3 is 0.785 bits per heavy atom. The third kappa shape index (κ3) is 65.8. The number of esters is 3. The van der Waals surface area contributed by atoms with Crippen LogP contribution < -0.4 is 0 Å². The highest BCUT2D eigenvalue weighted by molar-refractivity contribution is 5.71. The van der Waals surface area contributed by atoms with Crippen LogP contribution in [0.5, 0.6) is 0 Å². The van der Waals surface area contributed by atoms with Crippen LogP contribution in [0.2, 0.25) is 0 Å². The van der Waals surface area contributed by atoms with Crippen LogP contribution in [-0.2, 0) is 28.6 Å². The number of allylic oxidation sites excluding steroid dienone is 10. The van der Waals surface area contributed by atoms with Crippen LogP contribution in [0.15, 0.2) is 60.8 Å². The highest BCUT2D eigenvalue weighted by Gasteiger charge is 2.19. The van der Waals surface area contributed by atoms with Gasteiger partial charge in [-0.2, -0.15) is 0 Å². The maximum Gasteiger partial charge on any atom is 0.306 e. The quantitative estimate of drug-likeness (QED) is 0.0261. The van der Waals surface area contributed by atoms with Crippen molar-refractivity contribution in [2.45, 2.75) is 374 Å². The Bertz CT molecular complexity index is 1410. The van der Waals surface area contributed by atoms with Gasteiger partial charge < -0.3 is 14.2 Å². The van der Waals surface area contributed by atoms with E-state index in [-0.39, 0.29) is 31.1 Å². The van der Waals surface area contributed by atoms with Crippen molar-refractivity contribution in [3.05, 3.63) is 60.8 Å². The number of unbranched alkanes of at least 4 members (excludes halogenated alkanes) is 43. The molecule has 0 fully saturated rings. The fourth-order valence-corrected chi connectivity index (χ4v) is 10.3. The number of hydrogen-bond acceptors (Lipinski definition) is 6. The van der Waals surface area contributed by atoms with Crippen LogP contribution in [0.25, 0.3) is 0 Å². The van der Waals surface area contributed by atoms with Crippen LogP contribution in [0.3, 0.4) is 0 Å². The molecule has 1 unspecified atom stereocenters. The van der Waals surface area contributed by atoms with Gasteiger partial charge in [0.25, 0.3) is 0 Å². The molecule has 1 atom stereocenters. The first-order valence-electron chi connectivity index (χ1n) is 34.8. The van der Waals surface area contributed by atoms with Crippen molar-refractivity contribution in [1.29, 1.82) is 0 Å². The monoisotopic (exact) mass is 1110 g/mol. The molecular weight excluding hydrogens is 973 g/mol. The van der Waals surface area contributed by atoms with Gasteiger partial charge >= 0.3 is 17.9 Å². The molecule has 0 spiro atoms. The van der Waals surface area contributed by atoms with E-state index in [4.69, 9.17) is 14.2 Å². The molecule has 0 aliphatic heterocycles. The zero-order valence-corrected chi connectivity index (χ0v) is 52.9. The molecule has 0 bridgehead atoms. The fourth-order valence-electron chi connectivity index (χ4n) is 10.3. The lowest BCUT2D eigenvalue weighted by molar-refractivity contribution is -0.167. The third-order valence-corrected chi connectivity index (χ3v) is 15.5. The summed E-state index contributed by atoms with van der Waals surface area (Å²) in [6.07, 6.45) is 87.4. The van der Waals surface area contributed by atoms with Crippen molar-refractivity contribution in [3.63, 3.8) is 0 Å². The summed E-state index contributed by atoms with van der Waals surface area (Å²) in [4.78, 5) is 38.0. The maximum absolute atomic E-state index is 12.8. The van der Waals surface area contributed by atoms with Gasteiger partial charge in [0, 0.05) is 19.3 Å². The number of carbonyl (C=O) groups is 3. The van der Waals surface area contributed by atoms with Crippen molar-refractivity contribution < 1.29 is 28.6 Å². The van der Waals surface area contributed by atoms with Crippen molar-refractivity contribution in [2.24, 2.45) is 0 Å². The van der Waals surface area contributed by atoms with Gasteiger partial charge in [-0.05, 0) is 83.5 Å². The van der Waals surface area contributed by atoms with Crippen LogP contribution in [0, 0.1) is 0 Å². The van der Waals surface area contributed by atoms with Gasteiger partial charge in [0.15, 0.2) is 6.10 Å². The molecule has 0 saturated carbocycles. The van der Waals surface area contributed by atoms with Gasteiger partial charge in [-0.1, -0.05) is 326 Å². The van der Waals surface area contributed by atoms with E-state index in [1.807, 2.05) is 0 Å². The normalized spacial score (nSPS) is 12.4. The predicted octanol–water partition coefficient (Wildman–Crippen LogP) is 23.9. The molecule has 79 heavy (non-hydrogen) atoms. The highest BCUT2D eigenvalue weighted by atomic mass is 16.6. The molecule has 0 aromatic rings. The van der Waals surface area contributed by atoms with Crippen molar-refractivity contribution >= 4 is 17.9 Å². The molecule has 0 amide bonds. The Labute approximate surface area is 491 Å². The Hall–Kier alpha value is -2.89. The fraction of sp³-hybridized carbons (Fsp3) is 0.822. The van der Waals surface area contributed by atoms with Crippen LogP contribution >= 0.6 is 0 Å². The molecule has 6 heteroatoms. The summed E-state index contributed by atoms with van der Waals surface area (Å²) in [5.41, 5.74) is 0. The first-order chi connectivity index (χ1) is 39.0. The first kappa shape index (κ1) is 76.1. The molecule has 0 aromatic heterocycles. The number of rotatable bonds is 64. The van der Waals surface area contributed by atoms with E-state index in [1.54, 1.807) is 0 Å². The zero-order valence-electron chi connectivity index (χ0n) is 52.9. The second-order valence-electron chi connectivity index (χ2n) is 23.4. The van der Waals surface area contributed by atoms with E-state index >= 15 is 0 Å². The van der Waals surface area contributed by atoms with E-state index in [2.05, 4.69) is 81.5 Å². The summed E-state index contributed by atoms with van der Waals surface area (Å²) in [7, 11) is 0. The van der Waals surface area contributed by atoms with E-state index in [0.717, 1.165) is 89.9 Å². The van der Waals surface area contributed by atoms with Crippen molar-refractivity contribution in [1.82, 2.24) is 0 Å². The van der Waals surface area contributed by atoms with E-state index in [0.29, 0.717) is 19.3 Å². The molecule has 0 aliphatic rings. The van der Waals surface area contributed by atoms with Crippen LogP contribution in [0.1, 0.15) is 367 Å². The Morgan fingerprint density at radius 2 is 0.494 bits per heavy atom. The van der Waals surface area contributed by atoms with Gasteiger partial charge in [-0.25, -0.2) is 0 Å². The minimum atomic E-state index is -0.768. The van der Waals surface area contributed by atoms with Crippen LogP contribution in [0.4, 0.5) is 0 Å². The standard InChI is InChI=1S/C73H132O6/c1-4-7-10-13-15-17-19-21-23-25-27-29-31-32-33-34-35-36-37-38-39-40-42-43-45-47-49-51-53-55-57-60-63-66-72(75)78-69-70(68-77-71(74)65-62-59-12-9-6-3)79-73(76)67-64-61-58-56-54-52-50-48-46-44-41-30-28-26-24-22-20-18-16-14-11-8-5-2/h7,10,15,17,21,23,26-29,70H,4-6,8-9,11-14,16,18-20,22,24-25,30-69H2,1-3H3/b10-7-,17-15-,23-21-,28-26-,29-27-.